The summed E-state index contributed by atoms with van der Waals surface area (Å²) in [6.45, 7) is 5.96. The van der Waals surface area contributed by atoms with Crippen molar-refractivity contribution in [2.45, 2.75) is 38.3 Å². The Morgan fingerprint density at radius 2 is 1.75 bits per heavy atom. The van der Waals surface area contributed by atoms with Crippen LogP contribution in [0, 0.1) is 13.8 Å². The first-order valence-corrected chi connectivity index (χ1v) is 17.3. The Morgan fingerprint density at radius 3 is 2.49 bits per heavy atom. The number of carbonyl (C=O) groups is 1. The van der Waals surface area contributed by atoms with Gasteiger partial charge in [0.15, 0.2) is 0 Å². The number of hydrogen-bond acceptors (Lipinski definition) is 9. The summed E-state index contributed by atoms with van der Waals surface area (Å²) in [5.41, 5.74) is 7.26. The SMILES string of the molecule is COc1nc(-c2cccc(-c3cccc(Nc4nc(C)cc5c4c(=O)n(C)c(=O)n5C)c3C)c2Cl)cc2c1[C@@H](N1CC3(CNC(=O)CO3)C1)CC2. The van der Waals surface area contributed by atoms with Crippen molar-refractivity contribution >= 4 is 39.9 Å². The zero-order valence-electron chi connectivity index (χ0n) is 29.1. The summed E-state index contributed by atoms with van der Waals surface area (Å²) in [5.74, 6) is 0.900. The molecule has 262 valence electrons. The van der Waals surface area contributed by atoms with Crippen LogP contribution in [0.5, 0.6) is 5.88 Å². The highest BCUT2D eigenvalue weighted by Gasteiger charge is 2.50. The molecular weight excluding hydrogens is 670 g/mol. The van der Waals surface area contributed by atoms with Crippen LogP contribution in [0.1, 0.15) is 34.8 Å². The topological polar surface area (TPSA) is 133 Å². The second-order valence-corrected chi connectivity index (χ2v) is 14.2. The summed E-state index contributed by atoms with van der Waals surface area (Å²) in [7, 11) is 4.77. The van der Waals surface area contributed by atoms with E-state index in [0.717, 1.165) is 69.7 Å². The zero-order valence-corrected chi connectivity index (χ0v) is 29.8. The molecule has 13 heteroatoms. The minimum Gasteiger partial charge on any atom is -0.481 e. The minimum absolute atomic E-state index is 0.0672. The van der Waals surface area contributed by atoms with Gasteiger partial charge in [-0.25, -0.2) is 14.8 Å². The molecule has 1 spiro atoms. The van der Waals surface area contributed by atoms with E-state index in [-0.39, 0.29) is 24.2 Å². The lowest BCUT2D eigenvalue weighted by atomic mass is 9.89. The molecule has 12 nitrogen and oxygen atoms in total. The predicted octanol–water partition coefficient (Wildman–Crippen LogP) is 4.57. The van der Waals surface area contributed by atoms with Gasteiger partial charge < -0.3 is 20.1 Å². The Morgan fingerprint density at radius 1 is 1.00 bits per heavy atom. The van der Waals surface area contributed by atoms with Crippen molar-refractivity contribution in [3.8, 4) is 28.3 Å². The Bertz CT molecular complexity index is 2390. The normalized spacial score (nSPS) is 18.1. The molecule has 2 aromatic carbocycles. The van der Waals surface area contributed by atoms with E-state index in [4.69, 9.17) is 26.1 Å². The third kappa shape index (κ3) is 5.40. The number of anilines is 2. The number of pyridine rings is 2. The van der Waals surface area contributed by atoms with Crippen LogP contribution in [0.15, 0.2) is 58.1 Å². The number of amides is 1. The smallest absolute Gasteiger partial charge is 0.330 e. The lowest BCUT2D eigenvalue weighted by molar-refractivity contribution is -0.179. The summed E-state index contributed by atoms with van der Waals surface area (Å²) >= 11 is 7.24. The van der Waals surface area contributed by atoms with E-state index in [2.05, 4.69) is 26.6 Å². The standard InChI is InChI=1S/C38H38ClN7O5/c1-20-14-29-32(36(48)45(4)37(49)44(29)3)34(41-20)42-26-11-7-8-23(21(26)2)24-9-6-10-25(33(24)39)27-15-22-12-13-28(31(22)35(43-27)50-5)46-18-38(19-46)17-40-30(47)16-51-38/h6-11,14-15,28H,12-13,16-19H2,1-5H3,(H,40,47)(H,41,42)/t28-/m0/s1. The molecule has 0 bridgehead atoms. The molecule has 3 aromatic heterocycles. The Labute approximate surface area is 299 Å². The molecule has 2 N–H and O–H groups in total. The summed E-state index contributed by atoms with van der Waals surface area (Å²) in [5, 5.41) is 7.22. The maximum atomic E-state index is 13.3. The van der Waals surface area contributed by atoms with Gasteiger partial charge in [-0.15, -0.1) is 0 Å². The predicted molar refractivity (Wildman–Crippen MR) is 196 cm³/mol. The van der Waals surface area contributed by atoms with E-state index >= 15 is 0 Å². The van der Waals surface area contributed by atoms with Crippen molar-refractivity contribution in [3.05, 3.63) is 96.8 Å². The fourth-order valence-corrected chi connectivity index (χ4v) is 8.20. The molecular formula is C38H38ClN7O5. The number of benzene rings is 2. The van der Waals surface area contributed by atoms with Crippen LogP contribution < -0.4 is 26.6 Å². The van der Waals surface area contributed by atoms with Gasteiger partial charge in [0.25, 0.3) is 5.56 Å². The number of ether oxygens (including phenoxy) is 2. The first-order valence-electron chi connectivity index (χ1n) is 16.9. The second kappa shape index (κ2) is 12.3. The molecule has 1 atom stereocenters. The number of morpholine rings is 1. The van der Waals surface area contributed by atoms with Crippen molar-refractivity contribution in [1.82, 2.24) is 29.3 Å². The Balaban J connectivity index is 1.12. The van der Waals surface area contributed by atoms with Crippen LogP contribution in [0.2, 0.25) is 5.02 Å². The van der Waals surface area contributed by atoms with Gasteiger partial charge in [0.05, 0.1) is 23.3 Å². The van der Waals surface area contributed by atoms with E-state index in [1.54, 1.807) is 20.2 Å². The Hall–Kier alpha value is -5.04. The number of methoxy groups -OCH3 is 1. The fourth-order valence-electron chi connectivity index (χ4n) is 7.87. The number of rotatable bonds is 6. The average molecular weight is 708 g/mol. The van der Waals surface area contributed by atoms with Crippen LogP contribution in [0.3, 0.4) is 0 Å². The molecule has 2 saturated heterocycles. The van der Waals surface area contributed by atoms with Gasteiger partial charge in [0.2, 0.25) is 11.8 Å². The number of aromatic nitrogens is 4. The maximum absolute atomic E-state index is 13.3. The lowest BCUT2D eigenvalue weighted by Crippen LogP contribution is -2.70. The maximum Gasteiger partial charge on any atom is 0.330 e. The van der Waals surface area contributed by atoms with Gasteiger partial charge in [-0.05, 0) is 61.6 Å². The molecule has 2 aliphatic heterocycles. The van der Waals surface area contributed by atoms with Gasteiger partial charge in [-0.2, -0.15) is 0 Å². The average Bonchev–Trinajstić information content (AvgIpc) is 3.53. The summed E-state index contributed by atoms with van der Waals surface area (Å²) in [4.78, 5) is 49.6. The summed E-state index contributed by atoms with van der Waals surface area (Å²) < 4.78 is 14.4. The minimum atomic E-state index is -0.418. The molecule has 8 rings (SSSR count). The number of hydrogen-bond donors (Lipinski definition) is 2. The third-order valence-corrected chi connectivity index (χ3v) is 11.0. The second-order valence-electron chi connectivity index (χ2n) is 13.8. The first kappa shape index (κ1) is 33.1. The van der Waals surface area contributed by atoms with Gasteiger partial charge >= 0.3 is 5.69 Å². The van der Waals surface area contributed by atoms with Crippen LogP contribution in [0.25, 0.3) is 33.3 Å². The van der Waals surface area contributed by atoms with Crippen LogP contribution in [0.4, 0.5) is 11.5 Å². The zero-order chi connectivity index (χ0) is 35.8. The highest BCUT2D eigenvalue weighted by Crippen LogP contribution is 2.47. The molecule has 1 amide bonds. The van der Waals surface area contributed by atoms with E-state index in [9.17, 15) is 14.4 Å². The molecule has 3 aliphatic rings. The van der Waals surface area contributed by atoms with Gasteiger partial charge in [-0.3, -0.25) is 23.6 Å². The molecule has 5 aromatic rings. The largest absolute Gasteiger partial charge is 0.481 e. The highest BCUT2D eigenvalue weighted by molar-refractivity contribution is 6.36. The molecule has 1 aliphatic carbocycles. The monoisotopic (exact) mass is 707 g/mol. The van der Waals surface area contributed by atoms with E-state index < -0.39 is 11.2 Å². The number of likely N-dealkylation sites (tertiary alicyclic amines) is 1. The van der Waals surface area contributed by atoms with Crippen molar-refractivity contribution in [2.75, 3.05) is 38.7 Å². The third-order valence-electron chi connectivity index (χ3n) is 10.6. The molecule has 2 fully saturated rings. The fraction of sp³-hybridized carbons (Fsp3) is 0.342. The van der Waals surface area contributed by atoms with Crippen LogP contribution in [-0.2, 0) is 30.0 Å². The number of halogens is 1. The van der Waals surface area contributed by atoms with Gasteiger partial charge in [0, 0.05) is 67.8 Å². The Kier molecular flexibility index (Phi) is 8.01. The molecule has 0 unspecified atom stereocenters. The summed E-state index contributed by atoms with van der Waals surface area (Å²) in [6.07, 6.45) is 1.83. The van der Waals surface area contributed by atoms with Gasteiger partial charge in [-0.1, -0.05) is 41.9 Å². The van der Waals surface area contributed by atoms with Crippen molar-refractivity contribution in [3.63, 3.8) is 0 Å². The van der Waals surface area contributed by atoms with Gasteiger partial charge in [0.1, 0.15) is 23.4 Å². The molecule has 5 heterocycles. The van der Waals surface area contributed by atoms with E-state index in [0.29, 0.717) is 39.9 Å². The van der Waals surface area contributed by atoms with Crippen molar-refractivity contribution in [1.29, 1.82) is 0 Å². The lowest BCUT2D eigenvalue weighted by Gasteiger charge is -2.53. The van der Waals surface area contributed by atoms with E-state index in [1.165, 1.54) is 17.2 Å². The highest BCUT2D eigenvalue weighted by atomic mass is 35.5. The molecule has 51 heavy (non-hydrogen) atoms. The van der Waals surface area contributed by atoms with Crippen LogP contribution in [-0.4, -0.2) is 68.9 Å². The van der Waals surface area contributed by atoms with Crippen molar-refractivity contribution in [2.24, 2.45) is 14.1 Å². The van der Waals surface area contributed by atoms with Crippen molar-refractivity contribution < 1.29 is 14.3 Å². The number of nitrogens with one attached hydrogen (secondary N) is 2. The number of aryl methyl sites for hydroxylation is 3. The quantitative estimate of drug-likeness (QED) is 0.261. The number of nitrogens with zero attached hydrogens (tertiary/aromatic N) is 5. The molecule has 0 saturated carbocycles. The first-order chi connectivity index (χ1) is 24.5. The number of carbonyl (C=O) groups excluding carboxylic acids is 1. The van der Waals surface area contributed by atoms with Crippen LogP contribution >= 0.6 is 11.6 Å². The number of fused-ring (bicyclic) bond motifs is 2. The molecule has 0 radical (unpaired) electrons. The summed E-state index contributed by atoms with van der Waals surface area (Å²) in [6, 6.07) is 15.8. The van der Waals surface area contributed by atoms with E-state index in [1.807, 2.05) is 50.2 Å².